The summed E-state index contributed by atoms with van der Waals surface area (Å²) in [6, 6.07) is 13.0. The van der Waals surface area contributed by atoms with E-state index in [-0.39, 0.29) is 126 Å². The number of carbonyl (C=O) groups excluding carboxylic acids is 8. The number of nitrogens with one attached hydrogen (secondary N) is 14. The Morgan fingerprint density at radius 2 is 0.713 bits per heavy atom. The summed E-state index contributed by atoms with van der Waals surface area (Å²) in [6.45, 7) is 1.32. The molecular formula is C56H75N17O14. The van der Waals surface area contributed by atoms with Crippen LogP contribution in [0.3, 0.4) is 0 Å². The number of guanidine groups is 3. The lowest BCUT2D eigenvalue weighted by Crippen LogP contribution is -2.45. The first-order valence-electron chi connectivity index (χ1n) is 27.1. The molecule has 3 atom stereocenters. The minimum atomic E-state index is -1.29. The number of aliphatic carboxylic acids is 1. The number of anilines is 4. The van der Waals surface area contributed by atoms with Crippen LogP contribution >= 0.6 is 0 Å². The van der Waals surface area contributed by atoms with Crippen molar-refractivity contribution < 1.29 is 67.2 Å². The summed E-state index contributed by atoms with van der Waals surface area (Å²) in [7, 11) is 5.25. The number of hydrogen-bond donors (Lipinski definition) is 18. The second-order valence-electron chi connectivity index (χ2n) is 19.1. The zero-order valence-corrected chi connectivity index (χ0v) is 48.6. The number of rotatable bonds is 34. The molecule has 4 aromatic carbocycles. The first-order chi connectivity index (χ1) is 41.5. The van der Waals surface area contributed by atoms with Gasteiger partial charge in [0.25, 0.3) is 23.6 Å². The lowest BCUT2D eigenvalue weighted by atomic mass is 10.1. The SMILES string of the molecule is COc1ccc(NC(=O)[C@H](CCCCNC(=N)N)NC(=O)c2cc(NC(=O)[C@H](CCCCNC(=N)N)NC(=O)c3cc(NC(=O)[C@H](CCCNC(=N)N)NC(=O)c4cc(NC(C)=O)ccc4OC)ccc3OC)ccc2OC)cc1C(=O)NCC(=O)O. The molecule has 4 rings (SSSR count). The topological polar surface area (TPSA) is 493 Å². The Bertz CT molecular complexity index is 3180. The van der Waals surface area contributed by atoms with Gasteiger partial charge in [-0.15, -0.1) is 0 Å². The van der Waals surface area contributed by atoms with Crippen molar-refractivity contribution in [1.82, 2.24) is 37.2 Å². The molecule has 0 unspecified atom stereocenters. The molecule has 4 aromatic rings. The lowest BCUT2D eigenvalue weighted by Gasteiger charge is -2.22. The predicted octanol–water partition coefficient (Wildman–Crippen LogP) is 1.28. The van der Waals surface area contributed by atoms with Crippen LogP contribution in [-0.2, 0) is 24.0 Å². The molecule has 0 saturated carbocycles. The molecule has 0 heterocycles. The molecule has 0 bridgehead atoms. The predicted molar refractivity (Wildman–Crippen MR) is 323 cm³/mol. The average molecular weight is 1210 g/mol. The van der Waals surface area contributed by atoms with Crippen molar-refractivity contribution in [3.8, 4) is 23.0 Å². The number of amides is 8. The van der Waals surface area contributed by atoms with E-state index in [9.17, 15) is 43.2 Å². The number of unbranched alkanes of at least 4 members (excludes halogenated alkanes) is 2. The molecule has 0 fully saturated rings. The van der Waals surface area contributed by atoms with E-state index in [1.807, 2.05) is 0 Å². The third kappa shape index (κ3) is 22.7. The molecule has 31 heteroatoms. The van der Waals surface area contributed by atoms with Gasteiger partial charge in [-0.1, -0.05) is 0 Å². The van der Waals surface area contributed by atoms with Crippen LogP contribution in [0.2, 0.25) is 0 Å². The Labute approximate surface area is 500 Å². The number of hydrogen-bond acceptors (Lipinski definition) is 16. The quantitative estimate of drug-likeness (QED) is 0.0178. The normalized spacial score (nSPS) is 11.5. The van der Waals surface area contributed by atoms with Gasteiger partial charge < -0.3 is 99.7 Å². The van der Waals surface area contributed by atoms with Crippen molar-refractivity contribution in [1.29, 1.82) is 16.2 Å². The molecule has 0 aliphatic rings. The van der Waals surface area contributed by atoms with Gasteiger partial charge in [-0.25, -0.2) is 0 Å². The molecule has 0 saturated heterocycles. The highest BCUT2D eigenvalue weighted by Gasteiger charge is 2.29. The summed E-state index contributed by atoms with van der Waals surface area (Å²) >= 11 is 0. The minimum absolute atomic E-state index is 0.00328. The highest BCUT2D eigenvalue weighted by atomic mass is 16.5. The van der Waals surface area contributed by atoms with Crippen molar-refractivity contribution in [2.75, 3.05) is 75.9 Å². The van der Waals surface area contributed by atoms with E-state index in [4.69, 9.17) is 57.5 Å². The van der Waals surface area contributed by atoms with E-state index in [2.05, 4.69) is 58.5 Å². The average Bonchev–Trinajstić information content (AvgIpc) is 2.82. The molecule has 87 heavy (non-hydrogen) atoms. The first kappa shape index (κ1) is 68.6. The van der Waals surface area contributed by atoms with Crippen molar-refractivity contribution >= 4 is 93.9 Å². The van der Waals surface area contributed by atoms with Crippen LogP contribution in [0.25, 0.3) is 0 Å². The third-order valence-corrected chi connectivity index (χ3v) is 12.6. The van der Waals surface area contributed by atoms with Gasteiger partial charge in [0.15, 0.2) is 17.9 Å². The molecule has 0 aromatic heterocycles. The minimum Gasteiger partial charge on any atom is -0.496 e. The van der Waals surface area contributed by atoms with Crippen LogP contribution < -0.4 is 94.6 Å². The fourth-order valence-corrected chi connectivity index (χ4v) is 8.43. The number of benzene rings is 4. The number of carboxylic acids is 1. The Morgan fingerprint density at radius 3 is 1.00 bits per heavy atom. The van der Waals surface area contributed by atoms with Crippen LogP contribution in [-0.4, -0.2) is 149 Å². The zero-order chi connectivity index (χ0) is 64.2. The first-order valence-corrected chi connectivity index (χ1v) is 27.1. The van der Waals surface area contributed by atoms with Crippen LogP contribution in [0, 0.1) is 16.2 Å². The molecule has 0 spiro atoms. The van der Waals surface area contributed by atoms with E-state index in [1.165, 1.54) is 108 Å². The van der Waals surface area contributed by atoms with Gasteiger partial charge in [-0.3, -0.25) is 59.4 Å². The number of methoxy groups -OCH3 is 4. The van der Waals surface area contributed by atoms with Crippen LogP contribution in [0.1, 0.15) is 99.7 Å². The monoisotopic (exact) mass is 1210 g/mol. The Hall–Kier alpha value is -10.9. The lowest BCUT2D eigenvalue weighted by molar-refractivity contribution is -0.135. The molecule has 21 N–H and O–H groups in total. The Balaban J connectivity index is 1.62. The second kappa shape index (κ2) is 34.7. The summed E-state index contributed by atoms with van der Waals surface area (Å²) in [5, 5.41) is 60.7. The van der Waals surface area contributed by atoms with Crippen LogP contribution in [0.4, 0.5) is 22.7 Å². The van der Waals surface area contributed by atoms with E-state index in [0.717, 1.165) is 0 Å². The maximum Gasteiger partial charge on any atom is 0.322 e. The molecular weight excluding hydrogens is 1130 g/mol. The molecule has 31 nitrogen and oxygen atoms in total. The highest BCUT2D eigenvalue weighted by Crippen LogP contribution is 2.28. The van der Waals surface area contributed by atoms with Crippen molar-refractivity contribution in [2.45, 2.75) is 76.4 Å². The van der Waals surface area contributed by atoms with Gasteiger partial charge in [0.2, 0.25) is 23.6 Å². The van der Waals surface area contributed by atoms with E-state index < -0.39 is 77.9 Å². The number of carboxylic acid groups (broad SMARTS) is 1. The maximum absolute atomic E-state index is 14.4. The number of ether oxygens (including phenoxy) is 4. The van der Waals surface area contributed by atoms with E-state index >= 15 is 0 Å². The number of carbonyl (C=O) groups is 9. The van der Waals surface area contributed by atoms with Gasteiger partial charge >= 0.3 is 5.97 Å². The summed E-state index contributed by atoms with van der Waals surface area (Å²) in [4.78, 5) is 121. The van der Waals surface area contributed by atoms with Crippen LogP contribution in [0.5, 0.6) is 23.0 Å². The molecule has 8 amide bonds. The summed E-state index contributed by atoms with van der Waals surface area (Å²) < 4.78 is 21.7. The van der Waals surface area contributed by atoms with Crippen molar-refractivity contribution in [2.24, 2.45) is 17.2 Å². The van der Waals surface area contributed by atoms with Gasteiger partial charge in [0, 0.05) is 49.3 Å². The zero-order valence-electron chi connectivity index (χ0n) is 48.6. The molecule has 0 aliphatic carbocycles. The van der Waals surface area contributed by atoms with Gasteiger partial charge in [-0.2, -0.15) is 0 Å². The summed E-state index contributed by atoms with van der Waals surface area (Å²) in [5.41, 5.74) is 16.5. The summed E-state index contributed by atoms with van der Waals surface area (Å²) in [6.07, 6.45) is 1.82. The largest absolute Gasteiger partial charge is 0.496 e. The Kier molecular flexibility index (Phi) is 27.3. The second-order valence-corrected chi connectivity index (χ2v) is 19.1. The van der Waals surface area contributed by atoms with Crippen molar-refractivity contribution in [3.63, 3.8) is 0 Å². The highest BCUT2D eigenvalue weighted by molar-refractivity contribution is 6.08. The fraction of sp³-hybridized carbons (Fsp3) is 0.357. The van der Waals surface area contributed by atoms with E-state index in [1.54, 1.807) is 0 Å². The molecule has 0 aliphatic heterocycles. The van der Waals surface area contributed by atoms with Gasteiger partial charge in [0.1, 0.15) is 47.7 Å². The van der Waals surface area contributed by atoms with Crippen LogP contribution in [0.15, 0.2) is 72.8 Å². The third-order valence-electron chi connectivity index (χ3n) is 12.6. The van der Waals surface area contributed by atoms with E-state index in [0.29, 0.717) is 31.4 Å². The Morgan fingerprint density at radius 1 is 0.425 bits per heavy atom. The summed E-state index contributed by atoms with van der Waals surface area (Å²) in [5.74, 6) is -7.55. The molecule has 468 valence electrons. The van der Waals surface area contributed by atoms with Gasteiger partial charge in [0.05, 0.1) is 50.7 Å². The maximum atomic E-state index is 14.4. The smallest absolute Gasteiger partial charge is 0.322 e. The molecule has 0 radical (unpaired) electrons. The standard InChI is InChI=1S/C56H75N17O14/c1-30(74)67-31-14-18-43(85-3)36(25-31)48(78)73-41(13-10-24-65-56(61)62)53(83)70-34-17-21-45(87-5)38(28-34)50(80)72-40(12-7-9-23-64-55(59)60)52(82)69-33-16-20-44(86-4)37(27-33)49(79)71-39(11-6-8-22-63-54(57)58)51(81)68-32-15-19-42(84-2)35(26-32)47(77)66-29-46(75)76/h14-21,25-28,39-41H,6-13,22-24,29H2,1-5H3,(H,66,77)(H,67,74)(H,68,81)(H,69,82)(H,70,83)(H,71,79)(H,72,80)(H,73,78)(H,75,76)(H4,57,58,63)(H4,59,60,64)(H4,61,62,65)/t39-,40-,41-/m0/s1. The van der Waals surface area contributed by atoms with Gasteiger partial charge in [-0.05, 0) is 124 Å². The van der Waals surface area contributed by atoms with Crippen molar-refractivity contribution in [3.05, 3.63) is 95.1 Å². The number of nitrogens with two attached hydrogens (primary N) is 3. The fourth-order valence-electron chi connectivity index (χ4n) is 8.43.